The molecule has 0 aliphatic carbocycles. The fourth-order valence-corrected chi connectivity index (χ4v) is 2.37. The highest BCUT2D eigenvalue weighted by Gasteiger charge is 2.22. The van der Waals surface area contributed by atoms with E-state index in [1.165, 1.54) is 0 Å². The van der Waals surface area contributed by atoms with Gasteiger partial charge in [0, 0.05) is 11.6 Å². The zero-order valence-corrected chi connectivity index (χ0v) is 13.4. The Labute approximate surface area is 124 Å². The van der Waals surface area contributed by atoms with Crippen LogP contribution in [0.5, 0.6) is 0 Å². The molecule has 1 atom stereocenters. The van der Waals surface area contributed by atoms with Crippen molar-refractivity contribution < 1.29 is 0 Å². The highest BCUT2D eigenvalue weighted by atomic mass is 35.5. The first-order valence-electron chi connectivity index (χ1n) is 6.53. The molecule has 0 radical (unpaired) electrons. The molecule has 0 aliphatic rings. The molecule has 2 nitrogen and oxygen atoms in total. The molecule has 4 heteroatoms. The lowest BCUT2D eigenvalue weighted by molar-refractivity contribution is 0.233. The number of alkyl halides is 1. The molecule has 19 heavy (non-hydrogen) atoms. The van der Waals surface area contributed by atoms with Crippen LogP contribution >= 0.6 is 23.2 Å². The zero-order chi connectivity index (χ0) is 14.2. The second kappa shape index (κ2) is 5.34. The van der Waals surface area contributed by atoms with Gasteiger partial charge in [-0.15, -0.1) is 11.6 Å². The van der Waals surface area contributed by atoms with Gasteiger partial charge in [0.2, 0.25) is 0 Å². The van der Waals surface area contributed by atoms with E-state index in [0.717, 1.165) is 28.4 Å². The van der Waals surface area contributed by atoms with E-state index in [1.807, 2.05) is 18.2 Å². The fourth-order valence-electron chi connectivity index (χ4n) is 2.00. The summed E-state index contributed by atoms with van der Waals surface area (Å²) in [5, 5.41) is 0.734. The van der Waals surface area contributed by atoms with Crippen LogP contribution in [0.15, 0.2) is 18.2 Å². The van der Waals surface area contributed by atoms with Crippen LogP contribution in [0.25, 0.3) is 11.0 Å². The normalized spacial score (nSPS) is 14.0. The van der Waals surface area contributed by atoms with E-state index in [0.29, 0.717) is 11.8 Å². The van der Waals surface area contributed by atoms with Gasteiger partial charge < -0.3 is 4.57 Å². The Bertz CT molecular complexity index is 582. The monoisotopic (exact) mass is 298 g/mol. The summed E-state index contributed by atoms with van der Waals surface area (Å²) in [6.45, 7) is 9.93. The number of aromatic nitrogens is 2. The van der Waals surface area contributed by atoms with Crippen molar-refractivity contribution in [1.29, 1.82) is 0 Å². The number of rotatable bonds is 3. The molecule has 1 aromatic carbocycles. The van der Waals surface area contributed by atoms with Crippen molar-refractivity contribution in [3.63, 3.8) is 0 Å². The van der Waals surface area contributed by atoms with Gasteiger partial charge in [0.25, 0.3) is 0 Å². The Morgan fingerprint density at radius 1 is 1.32 bits per heavy atom. The molecule has 2 aromatic rings. The Hall–Kier alpha value is -0.730. The number of hydrogen-bond donors (Lipinski definition) is 0. The molecule has 0 spiro atoms. The number of imidazole rings is 1. The first-order chi connectivity index (χ1) is 8.82. The van der Waals surface area contributed by atoms with E-state index < -0.39 is 0 Å². The van der Waals surface area contributed by atoms with Crippen LogP contribution < -0.4 is 0 Å². The summed E-state index contributed by atoms with van der Waals surface area (Å²) in [5.41, 5.74) is 2.28. The number of halogens is 2. The lowest BCUT2D eigenvalue weighted by atomic mass is 9.82. The van der Waals surface area contributed by atoms with Crippen molar-refractivity contribution in [3.8, 4) is 0 Å². The Kier molecular flexibility index (Phi) is 4.12. The lowest BCUT2D eigenvalue weighted by Gasteiger charge is -2.28. The molecule has 2 rings (SSSR count). The van der Waals surface area contributed by atoms with E-state index in [-0.39, 0.29) is 5.41 Å². The highest BCUT2D eigenvalue weighted by Crippen LogP contribution is 2.29. The smallest absolute Gasteiger partial charge is 0.124 e. The van der Waals surface area contributed by atoms with Crippen LogP contribution in [0.4, 0.5) is 0 Å². The summed E-state index contributed by atoms with van der Waals surface area (Å²) in [6, 6.07) is 5.79. The van der Waals surface area contributed by atoms with Gasteiger partial charge in [0.15, 0.2) is 0 Å². The Morgan fingerprint density at radius 3 is 2.58 bits per heavy atom. The molecule has 0 aliphatic heterocycles. The van der Waals surface area contributed by atoms with Crippen molar-refractivity contribution in [2.24, 2.45) is 11.3 Å². The number of fused-ring (bicyclic) bond motifs is 1. The molecule has 104 valence electrons. The SMILES string of the molecule is CC(Cn1c(CCl)nc2ccc(Cl)cc21)C(C)(C)C. The van der Waals surface area contributed by atoms with Crippen LogP contribution in [0.2, 0.25) is 5.02 Å². The number of hydrogen-bond acceptors (Lipinski definition) is 1. The first kappa shape index (κ1) is 14.7. The second-order valence-electron chi connectivity index (χ2n) is 6.17. The predicted molar refractivity (Wildman–Crippen MR) is 82.9 cm³/mol. The van der Waals surface area contributed by atoms with E-state index in [4.69, 9.17) is 23.2 Å². The van der Waals surface area contributed by atoms with Gasteiger partial charge in [-0.05, 0) is 29.5 Å². The van der Waals surface area contributed by atoms with Gasteiger partial charge in [0.05, 0.1) is 16.9 Å². The van der Waals surface area contributed by atoms with E-state index in [2.05, 4.69) is 37.2 Å². The molecule has 0 saturated heterocycles. The van der Waals surface area contributed by atoms with Gasteiger partial charge in [-0.2, -0.15) is 0 Å². The van der Waals surface area contributed by atoms with Crippen LogP contribution in [-0.4, -0.2) is 9.55 Å². The van der Waals surface area contributed by atoms with Crippen LogP contribution in [-0.2, 0) is 12.4 Å². The molecule has 0 amide bonds. The summed E-state index contributed by atoms with van der Waals surface area (Å²) in [6.07, 6.45) is 0. The second-order valence-corrected chi connectivity index (χ2v) is 6.88. The third kappa shape index (κ3) is 3.06. The van der Waals surface area contributed by atoms with Crippen molar-refractivity contribution in [3.05, 3.63) is 29.0 Å². The molecule has 1 heterocycles. The maximum absolute atomic E-state index is 6.10. The fraction of sp³-hybridized carbons (Fsp3) is 0.533. The molecule has 1 unspecified atom stereocenters. The average Bonchev–Trinajstić information content (AvgIpc) is 2.66. The lowest BCUT2D eigenvalue weighted by Crippen LogP contribution is -2.23. The summed E-state index contributed by atoms with van der Waals surface area (Å²) in [7, 11) is 0. The Morgan fingerprint density at radius 2 is 2.00 bits per heavy atom. The topological polar surface area (TPSA) is 17.8 Å². The molecular weight excluding hydrogens is 279 g/mol. The minimum atomic E-state index is 0.249. The molecule has 0 fully saturated rings. The van der Waals surface area contributed by atoms with Crippen molar-refractivity contribution in [1.82, 2.24) is 9.55 Å². The Balaban J connectivity index is 2.48. The van der Waals surface area contributed by atoms with Gasteiger partial charge in [-0.3, -0.25) is 0 Å². The first-order valence-corrected chi connectivity index (χ1v) is 7.45. The van der Waals surface area contributed by atoms with Crippen LogP contribution in [0.1, 0.15) is 33.5 Å². The summed E-state index contributed by atoms with van der Waals surface area (Å²) in [4.78, 5) is 4.58. The minimum Gasteiger partial charge on any atom is -0.327 e. The van der Waals surface area contributed by atoms with Gasteiger partial charge in [0.1, 0.15) is 5.82 Å². The van der Waals surface area contributed by atoms with Crippen molar-refractivity contribution in [2.45, 2.75) is 40.1 Å². The zero-order valence-electron chi connectivity index (χ0n) is 11.9. The third-order valence-corrected chi connectivity index (χ3v) is 4.32. The minimum absolute atomic E-state index is 0.249. The maximum atomic E-state index is 6.10. The quantitative estimate of drug-likeness (QED) is 0.720. The summed E-state index contributed by atoms with van der Waals surface area (Å²) < 4.78 is 2.20. The number of benzene rings is 1. The van der Waals surface area contributed by atoms with Gasteiger partial charge >= 0.3 is 0 Å². The van der Waals surface area contributed by atoms with Gasteiger partial charge in [-0.1, -0.05) is 39.3 Å². The maximum Gasteiger partial charge on any atom is 0.124 e. The molecule has 0 bridgehead atoms. The molecule has 1 aromatic heterocycles. The van der Waals surface area contributed by atoms with E-state index in [1.54, 1.807) is 0 Å². The molecule has 0 N–H and O–H groups in total. The summed E-state index contributed by atoms with van der Waals surface area (Å²) >= 11 is 12.1. The van der Waals surface area contributed by atoms with Crippen molar-refractivity contribution >= 4 is 34.2 Å². The summed E-state index contributed by atoms with van der Waals surface area (Å²) in [5.74, 6) is 1.85. The average molecular weight is 299 g/mol. The van der Waals surface area contributed by atoms with E-state index >= 15 is 0 Å². The number of nitrogens with zero attached hydrogens (tertiary/aromatic N) is 2. The molecular formula is C15H20Cl2N2. The predicted octanol–water partition coefficient (Wildman–Crippen LogP) is 5.11. The van der Waals surface area contributed by atoms with Crippen LogP contribution in [0.3, 0.4) is 0 Å². The van der Waals surface area contributed by atoms with Gasteiger partial charge in [-0.25, -0.2) is 4.98 Å². The highest BCUT2D eigenvalue weighted by molar-refractivity contribution is 6.31. The largest absolute Gasteiger partial charge is 0.327 e. The van der Waals surface area contributed by atoms with Crippen molar-refractivity contribution in [2.75, 3.05) is 0 Å². The third-order valence-electron chi connectivity index (χ3n) is 3.84. The van der Waals surface area contributed by atoms with E-state index in [9.17, 15) is 0 Å². The standard InChI is InChI=1S/C15H20Cl2N2/c1-10(15(2,3)4)9-19-13-7-11(17)5-6-12(13)18-14(19)8-16/h5-7,10H,8-9H2,1-4H3. The van der Waals surface area contributed by atoms with Crippen LogP contribution in [0, 0.1) is 11.3 Å². The molecule has 0 saturated carbocycles.